The molecule has 0 radical (unpaired) electrons. The predicted molar refractivity (Wildman–Crippen MR) is 77.6 cm³/mol. The molecule has 19 heavy (non-hydrogen) atoms. The second-order valence-corrected chi connectivity index (χ2v) is 6.07. The van der Waals surface area contributed by atoms with Gasteiger partial charge in [0.05, 0.1) is 10.3 Å². The average Bonchev–Trinajstić information content (AvgIpc) is 2.42. The Hall–Kier alpha value is -1.80. The van der Waals surface area contributed by atoms with Crippen LogP contribution in [0.2, 0.25) is 5.02 Å². The first kappa shape index (κ1) is 13.6. The highest BCUT2D eigenvalue weighted by atomic mass is 35.5. The molecule has 0 bridgehead atoms. The molecular weight excluding hydrogens is 280 g/mol. The maximum absolute atomic E-state index is 11.9. The lowest BCUT2D eigenvalue weighted by atomic mass is 10.2. The van der Waals surface area contributed by atoms with E-state index in [2.05, 4.69) is 5.73 Å². The highest BCUT2D eigenvalue weighted by Crippen LogP contribution is 2.12. The zero-order valence-electron chi connectivity index (χ0n) is 9.95. The fraction of sp³-hybridized carbons (Fsp3) is 0. The minimum atomic E-state index is -3.43. The van der Waals surface area contributed by atoms with Gasteiger partial charge in [-0.15, -0.1) is 5.73 Å². The van der Waals surface area contributed by atoms with Crippen LogP contribution in [0.15, 0.2) is 70.6 Å². The van der Waals surface area contributed by atoms with Crippen molar-refractivity contribution < 1.29 is 8.42 Å². The molecule has 2 aromatic rings. The van der Waals surface area contributed by atoms with Crippen molar-refractivity contribution in [3.05, 3.63) is 76.3 Å². The third kappa shape index (κ3) is 3.83. The SMILES string of the molecule is O=S(=O)(C=C=Cc1ccc(Cl)cc1)c1ccccc1. The first-order chi connectivity index (χ1) is 9.08. The van der Waals surface area contributed by atoms with Gasteiger partial charge in [0.2, 0.25) is 9.84 Å². The fourth-order valence-corrected chi connectivity index (χ4v) is 2.50. The number of sulfone groups is 1. The molecule has 0 unspecified atom stereocenters. The minimum absolute atomic E-state index is 0.256. The van der Waals surface area contributed by atoms with Gasteiger partial charge in [-0.25, -0.2) is 8.42 Å². The molecule has 2 rings (SSSR count). The summed E-state index contributed by atoms with van der Waals surface area (Å²) in [7, 11) is -3.43. The van der Waals surface area contributed by atoms with Crippen LogP contribution in [0, 0.1) is 0 Å². The first-order valence-electron chi connectivity index (χ1n) is 5.56. The van der Waals surface area contributed by atoms with Crippen LogP contribution in [0.4, 0.5) is 0 Å². The number of hydrogen-bond donors (Lipinski definition) is 0. The predicted octanol–water partition coefficient (Wildman–Crippen LogP) is 3.94. The zero-order chi connectivity index (χ0) is 13.7. The molecule has 2 aromatic carbocycles. The molecule has 4 heteroatoms. The summed E-state index contributed by atoms with van der Waals surface area (Å²) in [5.41, 5.74) is 3.52. The van der Waals surface area contributed by atoms with Crippen LogP contribution < -0.4 is 0 Å². The normalized spacial score (nSPS) is 10.6. The number of hydrogen-bond acceptors (Lipinski definition) is 2. The van der Waals surface area contributed by atoms with E-state index in [1.165, 1.54) is 0 Å². The van der Waals surface area contributed by atoms with Crippen molar-refractivity contribution in [2.24, 2.45) is 0 Å². The summed E-state index contributed by atoms with van der Waals surface area (Å²) in [5.74, 6) is 0. The summed E-state index contributed by atoms with van der Waals surface area (Å²) in [5, 5.41) is 1.70. The van der Waals surface area contributed by atoms with Crippen LogP contribution in [0.1, 0.15) is 5.56 Å². The van der Waals surface area contributed by atoms with E-state index < -0.39 is 9.84 Å². The maximum Gasteiger partial charge on any atom is 0.207 e. The van der Waals surface area contributed by atoms with Gasteiger partial charge in [-0.05, 0) is 35.9 Å². The molecule has 0 fully saturated rings. The summed E-state index contributed by atoms with van der Waals surface area (Å²) in [6, 6.07) is 15.3. The second kappa shape index (κ2) is 5.89. The van der Waals surface area contributed by atoms with Gasteiger partial charge in [-0.3, -0.25) is 0 Å². The Morgan fingerprint density at radius 1 is 0.947 bits per heavy atom. The van der Waals surface area contributed by atoms with Gasteiger partial charge in [-0.2, -0.15) is 0 Å². The van der Waals surface area contributed by atoms with Crippen LogP contribution in [0.3, 0.4) is 0 Å². The third-order valence-corrected chi connectivity index (χ3v) is 4.04. The van der Waals surface area contributed by atoms with Gasteiger partial charge in [0.25, 0.3) is 0 Å². The van der Waals surface area contributed by atoms with Crippen molar-refractivity contribution in [1.82, 2.24) is 0 Å². The molecule has 0 aliphatic heterocycles. The minimum Gasteiger partial charge on any atom is -0.218 e. The molecule has 0 saturated carbocycles. The molecule has 2 nitrogen and oxygen atoms in total. The van der Waals surface area contributed by atoms with Crippen molar-refractivity contribution in [1.29, 1.82) is 0 Å². The van der Waals surface area contributed by atoms with Gasteiger partial charge in [-0.1, -0.05) is 41.9 Å². The smallest absolute Gasteiger partial charge is 0.207 e. The van der Waals surface area contributed by atoms with Gasteiger partial charge >= 0.3 is 0 Å². The number of halogens is 1. The molecule has 0 aliphatic rings. The summed E-state index contributed by atoms with van der Waals surface area (Å²) < 4.78 is 23.8. The van der Waals surface area contributed by atoms with E-state index in [1.807, 2.05) is 0 Å². The fourth-order valence-electron chi connectivity index (χ4n) is 1.46. The highest BCUT2D eigenvalue weighted by Gasteiger charge is 2.07. The molecule has 0 N–H and O–H groups in total. The molecule has 0 aliphatic carbocycles. The van der Waals surface area contributed by atoms with Crippen molar-refractivity contribution in [2.75, 3.05) is 0 Å². The van der Waals surface area contributed by atoms with Crippen LogP contribution >= 0.6 is 11.6 Å². The van der Waals surface area contributed by atoms with E-state index in [0.29, 0.717) is 5.02 Å². The Balaban J connectivity index is 2.25. The van der Waals surface area contributed by atoms with E-state index in [0.717, 1.165) is 11.0 Å². The topological polar surface area (TPSA) is 34.1 Å². The van der Waals surface area contributed by atoms with E-state index in [1.54, 1.807) is 60.7 Å². The largest absolute Gasteiger partial charge is 0.218 e. The first-order valence-corrected chi connectivity index (χ1v) is 7.48. The molecule has 0 amide bonds. The second-order valence-electron chi connectivity index (χ2n) is 3.84. The molecule has 96 valence electrons. The monoisotopic (exact) mass is 290 g/mol. The van der Waals surface area contributed by atoms with Crippen molar-refractivity contribution >= 4 is 27.5 Å². The molecule has 0 aromatic heterocycles. The van der Waals surface area contributed by atoms with Crippen molar-refractivity contribution in [3.8, 4) is 0 Å². The third-order valence-electron chi connectivity index (χ3n) is 2.41. The molecule has 0 heterocycles. The van der Waals surface area contributed by atoms with E-state index in [-0.39, 0.29) is 4.90 Å². The summed E-state index contributed by atoms with van der Waals surface area (Å²) in [4.78, 5) is 0.256. The standard InChI is InChI=1S/C15H11ClO2S/c16-14-10-8-13(9-11-14)5-4-12-19(17,18)15-6-2-1-3-7-15/h1-3,5-12H. The summed E-state index contributed by atoms with van der Waals surface area (Å²) >= 11 is 5.76. The maximum atomic E-state index is 11.9. The van der Waals surface area contributed by atoms with Gasteiger partial charge in [0, 0.05) is 5.02 Å². The Labute approximate surface area is 117 Å². The lowest BCUT2D eigenvalue weighted by Gasteiger charge is -1.95. The van der Waals surface area contributed by atoms with Gasteiger partial charge in [0.1, 0.15) is 0 Å². The Bertz CT molecular complexity index is 711. The Morgan fingerprint density at radius 2 is 1.58 bits per heavy atom. The Morgan fingerprint density at radius 3 is 2.21 bits per heavy atom. The number of benzene rings is 2. The lowest BCUT2D eigenvalue weighted by Crippen LogP contribution is -1.94. The highest BCUT2D eigenvalue weighted by molar-refractivity contribution is 7.94. The summed E-state index contributed by atoms with van der Waals surface area (Å²) in [6.45, 7) is 0. The van der Waals surface area contributed by atoms with Crippen molar-refractivity contribution in [2.45, 2.75) is 4.90 Å². The number of rotatable bonds is 3. The van der Waals surface area contributed by atoms with Crippen LogP contribution in [-0.4, -0.2) is 8.42 Å². The van der Waals surface area contributed by atoms with Gasteiger partial charge < -0.3 is 0 Å². The van der Waals surface area contributed by atoms with Crippen LogP contribution in [0.5, 0.6) is 0 Å². The molecule has 0 spiro atoms. The van der Waals surface area contributed by atoms with Crippen LogP contribution in [-0.2, 0) is 9.84 Å². The molecule has 0 atom stereocenters. The Kier molecular flexibility index (Phi) is 4.23. The molecular formula is C15H11ClO2S. The van der Waals surface area contributed by atoms with E-state index >= 15 is 0 Å². The average molecular weight is 291 g/mol. The zero-order valence-corrected chi connectivity index (χ0v) is 11.5. The molecule has 0 saturated heterocycles. The van der Waals surface area contributed by atoms with Crippen molar-refractivity contribution in [3.63, 3.8) is 0 Å². The van der Waals surface area contributed by atoms with E-state index in [9.17, 15) is 8.42 Å². The van der Waals surface area contributed by atoms with Gasteiger partial charge in [0.15, 0.2) is 0 Å². The lowest BCUT2D eigenvalue weighted by molar-refractivity contribution is 0.604. The summed E-state index contributed by atoms with van der Waals surface area (Å²) in [6.07, 6.45) is 1.59. The quantitative estimate of drug-likeness (QED) is 0.802. The van der Waals surface area contributed by atoms with E-state index in [4.69, 9.17) is 11.6 Å². The van der Waals surface area contributed by atoms with Crippen LogP contribution in [0.25, 0.3) is 6.08 Å².